The Morgan fingerprint density at radius 2 is 1.61 bits per heavy atom. The van der Waals surface area contributed by atoms with Gasteiger partial charge in [-0.2, -0.15) is 15.0 Å². The monoisotopic (exact) mass is 645 g/mol. The number of fused-ring (bicyclic) bond motifs is 1. The highest BCUT2D eigenvalue weighted by Gasteiger charge is 2.31. The molecule has 4 heterocycles. The Morgan fingerprint density at radius 3 is 2.22 bits per heavy atom. The number of hydrogen-bond acceptors (Lipinski definition) is 11. The molecule has 0 unspecified atom stereocenters. The average molecular weight is 646 g/mol. The first-order chi connectivity index (χ1) is 21.9. The van der Waals surface area contributed by atoms with Gasteiger partial charge in [-0.3, -0.25) is 4.57 Å². The highest BCUT2D eigenvalue weighted by Crippen LogP contribution is 2.33. The lowest BCUT2D eigenvalue weighted by atomic mass is 10.0. The molecule has 0 bridgehead atoms. The normalized spacial score (nSPS) is 16.5. The van der Waals surface area contributed by atoms with Crippen molar-refractivity contribution in [1.29, 1.82) is 0 Å². The lowest BCUT2D eigenvalue weighted by Gasteiger charge is -2.37. The van der Waals surface area contributed by atoms with Gasteiger partial charge in [-0.15, -0.1) is 0 Å². The van der Waals surface area contributed by atoms with Crippen LogP contribution in [0.2, 0.25) is 0 Å². The summed E-state index contributed by atoms with van der Waals surface area (Å²) < 4.78 is 47.6. The first kappa shape index (κ1) is 33.5. The number of hydrogen-bond donors (Lipinski definition) is 0. The number of piperidine rings is 1. The number of imidazole rings is 1. The van der Waals surface area contributed by atoms with Gasteiger partial charge in [-0.25, -0.2) is 18.6 Å². The molecule has 2 aliphatic heterocycles. The number of carbonyl (C=O) groups excluding carboxylic acids is 1. The van der Waals surface area contributed by atoms with Gasteiger partial charge in [0.2, 0.25) is 17.8 Å². The molecule has 0 saturated carbocycles. The van der Waals surface area contributed by atoms with E-state index >= 15 is 0 Å². The van der Waals surface area contributed by atoms with E-state index in [2.05, 4.69) is 9.88 Å². The predicted molar refractivity (Wildman–Crippen MR) is 170 cm³/mol. The zero-order valence-electron chi connectivity index (χ0n) is 27.6. The van der Waals surface area contributed by atoms with Crippen molar-refractivity contribution in [1.82, 2.24) is 34.3 Å². The number of amides is 1. The summed E-state index contributed by atoms with van der Waals surface area (Å²) in [6, 6.07) is 5.19. The smallest absolute Gasteiger partial charge is 0.410 e. The molecule has 252 valence electrons. The van der Waals surface area contributed by atoms with Crippen LogP contribution < -0.4 is 14.5 Å². The highest BCUT2D eigenvalue weighted by atomic mass is 19.3. The number of carbonyl (C=O) groups is 1. The topological polar surface area (TPSA) is 114 Å². The quantitative estimate of drug-likeness (QED) is 0.296. The van der Waals surface area contributed by atoms with Crippen molar-refractivity contribution in [2.24, 2.45) is 0 Å². The maximum absolute atomic E-state index is 14.6. The second-order valence-electron chi connectivity index (χ2n) is 12.9. The standard InChI is InChI=1S/C31H45F2N9O4/c1-31(2,3)46-30(43)39(6)21-11-14-40(15-12-21)27-35-28(41-16-19-44-20-17-41)37-29(36-27)42-22-9-7-10-23(45-18-8-13-38(4)5)24(22)34-26(42)25(32)33/h7,9-10,21,25H,8,11-20H2,1-6H3. The van der Waals surface area contributed by atoms with Crippen LogP contribution in [0.25, 0.3) is 17.0 Å². The second kappa shape index (κ2) is 14.3. The minimum absolute atomic E-state index is 0.0229. The van der Waals surface area contributed by atoms with Crippen LogP contribution in [0, 0.1) is 0 Å². The van der Waals surface area contributed by atoms with Gasteiger partial charge < -0.3 is 33.8 Å². The number of alkyl halides is 2. The third-order valence-electron chi connectivity index (χ3n) is 7.95. The van der Waals surface area contributed by atoms with E-state index in [0.717, 1.165) is 13.0 Å². The predicted octanol–water partition coefficient (Wildman–Crippen LogP) is 4.15. The zero-order chi connectivity index (χ0) is 33.0. The molecule has 0 spiro atoms. The summed E-state index contributed by atoms with van der Waals surface area (Å²) in [7, 11) is 5.72. The summed E-state index contributed by atoms with van der Waals surface area (Å²) in [5.41, 5.74) is 0.156. The molecule has 13 nitrogen and oxygen atoms in total. The summed E-state index contributed by atoms with van der Waals surface area (Å²) >= 11 is 0. The third-order valence-corrected chi connectivity index (χ3v) is 7.95. The van der Waals surface area contributed by atoms with Crippen LogP contribution in [-0.4, -0.2) is 126 Å². The van der Waals surface area contributed by atoms with Crippen molar-refractivity contribution in [2.45, 2.75) is 58.1 Å². The Labute approximate surface area is 268 Å². The molecule has 0 aliphatic carbocycles. The van der Waals surface area contributed by atoms with E-state index in [4.69, 9.17) is 29.2 Å². The van der Waals surface area contributed by atoms with Crippen molar-refractivity contribution >= 4 is 29.0 Å². The van der Waals surface area contributed by atoms with E-state index < -0.39 is 17.9 Å². The number of morpholine rings is 1. The molecule has 0 N–H and O–H groups in total. The van der Waals surface area contributed by atoms with E-state index in [0.29, 0.717) is 87.5 Å². The van der Waals surface area contributed by atoms with Crippen molar-refractivity contribution in [3.05, 3.63) is 24.0 Å². The van der Waals surface area contributed by atoms with Crippen molar-refractivity contribution in [3.8, 4) is 11.7 Å². The van der Waals surface area contributed by atoms with Crippen molar-refractivity contribution in [2.75, 3.05) is 83.5 Å². The van der Waals surface area contributed by atoms with E-state index in [1.54, 1.807) is 30.1 Å². The maximum atomic E-state index is 14.6. The highest BCUT2D eigenvalue weighted by molar-refractivity contribution is 5.84. The minimum atomic E-state index is -2.89. The number of rotatable bonds is 10. The second-order valence-corrected chi connectivity index (χ2v) is 12.9. The minimum Gasteiger partial charge on any atom is -0.491 e. The summed E-state index contributed by atoms with van der Waals surface area (Å²) in [6.45, 7) is 10.0. The Balaban J connectivity index is 1.47. The number of benzene rings is 1. The molecular weight excluding hydrogens is 600 g/mol. The summed E-state index contributed by atoms with van der Waals surface area (Å²) in [5.74, 6) is 0.775. The Morgan fingerprint density at radius 1 is 0.978 bits per heavy atom. The molecule has 15 heteroatoms. The fourth-order valence-corrected chi connectivity index (χ4v) is 5.55. The molecular formula is C31H45F2N9O4. The molecule has 2 aromatic heterocycles. The number of para-hydroxylation sites is 1. The lowest BCUT2D eigenvalue weighted by molar-refractivity contribution is 0.0200. The van der Waals surface area contributed by atoms with E-state index in [-0.39, 0.29) is 18.1 Å². The van der Waals surface area contributed by atoms with Crippen LogP contribution in [0.3, 0.4) is 0 Å². The molecule has 0 atom stereocenters. The van der Waals surface area contributed by atoms with E-state index in [1.165, 1.54) is 4.57 Å². The van der Waals surface area contributed by atoms with Gasteiger partial charge in [0, 0.05) is 45.8 Å². The van der Waals surface area contributed by atoms with Crippen LogP contribution >= 0.6 is 0 Å². The van der Waals surface area contributed by atoms with Gasteiger partial charge in [0.15, 0.2) is 5.82 Å². The molecule has 46 heavy (non-hydrogen) atoms. The first-order valence-electron chi connectivity index (χ1n) is 15.8. The molecule has 1 amide bonds. The van der Waals surface area contributed by atoms with Gasteiger partial charge in [-0.05, 0) is 66.3 Å². The number of nitrogens with zero attached hydrogens (tertiary/aromatic N) is 9. The molecule has 1 aromatic carbocycles. The molecule has 2 fully saturated rings. The zero-order valence-corrected chi connectivity index (χ0v) is 27.6. The van der Waals surface area contributed by atoms with Gasteiger partial charge >= 0.3 is 6.09 Å². The van der Waals surface area contributed by atoms with Crippen LogP contribution in [-0.2, 0) is 9.47 Å². The largest absolute Gasteiger partial charge is 0.491 e. The van der Waals surface area contributed by atoms with E-state index in [9.17, 15) is 13.6 Å². The maximum Gasteiger partial charge on any atom is 0.410 e. The average Bonchev–Trinajstić information content (AvgIpc) is 3.43. The fraction of sp³-hybridized carbons (Fsp3) is 0.645. The summed E-state index contributed by atoms with van der Waals surface area (Å²) in [5, 5.41) is 0. The third kappa shape index (κ3) is 7.92. The molecule has 2 saturated heterocycles. The Kier molecular flexibility index (Phi) is 10.4. The Bertz CT molecular complexity index is 1480. The number of aromatic nitrogens is 5. The van der Waals surface area contributed by atoms with E-state index in [1.807, 2.05) is 44.7 Å². The van der Waals surface area contributed by atoms with Crippen LogP contribution in [0.1, 0.15) is 52.3 Å². The van der Waals surface area contributed by atoms with Crippen molar-refractivity contribution < 1.29 is 27.8 Å². The number of anilines is 2. The van der Waals surface area contributed by atoms with Crippen LogP contribution in [0.5, 0.6) is 5.75 Å². The van der Waals surface area contributed by atoms with Crippen LogP contribution in [0.4, 0.5) is 25.5 Å². The van der Waals surface area contributed by atoms with Gasteiger partial charge in [0.1, 0.15) is 16.9 Å². The number of ether oxygens (including phenoxy) is 3. The SMILES string of the molecule is CN(C)CCCOc1cccc2c1nc(C(F)F)n2-c1nc(N2CCOCC2)nc(N2CCC(N(C)C(=O)OC(C)(C)C)CC2)n1. The van der Waals surface area contributed by atoms with Gasteiger partial charge in [-0.1, -0.05) is 6.07 Å². The lowest BCUT2D eigenvalue weighted by Crippen LogP contribution is -2.47. The summed E-state index contributed by atoms with van der Waals surface area (Å²) in [6.07, 6.45) is -1.16. The number of halogens is 2. The molecule has 0 radical (unpaired) electrons. The fourth-order valence-electron chi connectivity index (χ4n) is 5.55. The van der Waals surface area contributed by atoms with Gasteiger partial charge in [0.05, 0.1) is 25.3 Å². The van der Waals surface area contributed by atoms with Gasteiger partial charge in [0.25, 0.3) is 6.43 Å². The molecule has 5 rings (SSSR count). The molecule has 2 aliphatic rings. The molecule has 3 aromatic rings. The Hall–Kier alpha value is -3.85. The summed E-state index contributed by atoms with van der Waals surface area (Å²) in [4.78, 5) is 39.0. The van der Waals surface area contributed by atoms with Crippen molar-refractivity contribution in [3.63, 3.8) is 0 Å². The van der Waals surface area contributed by atoms with Crippen LogP contribution in [0.15, 0.2) is 18.2 Å². The first-order valence-corrected chi connectivity index (χ1v) is 15.8.